The first kappa shape index (κ1) is 11.1. The van der Waals surface area contributed by atoms with E-state index in [0.29, 0.717) is 0 Å². The van der Waals surface area contributed by atoms with E-state index >= 15 is 0 Å². The van der Waals surface area contributed by atoms with Gasteiger partial charge in [0.2, 0.25) is 5.91 Å². The molecular formula is C10H9ClF2N2O. The molecule has 3 nitrogen and oxygen atoms in total. The quantitative estimate of drug-likeness (QED) is 0.608. The second kappa shape index (κ2) is 3.90. The summed E-state index contributed by atoms with van der Waals surface area (Å²) in [5.74, 6) is -2.41. The van der Waals surface area contributed by atoms with Crippen LogP contribution in [0.5, 0.6) is 0 Å². The summed E-state index contributed by atoms with van der Waals surface area (Å²) in [6.07, 6.45) is 0.181. The summed E-state index contributed by atoms with van der Waals surface area (Å²) in [7, 11) is 0. The fourth-order valence-corrected chi connectivity index (χ4v) is 1.96. The lowest BCUT2D eigenvalue weighted by atomic mass is 10.2. The van der Waals surface area contributed by atoms with Gasteiger partial charge in [-0.1, -0.05) is 0 Å². The Morgan fingerprint density at radius 1 is 1.44 bits per heavy atom. The number of alkyl halides is 1. The molecule has 6 heteroatoms. The molecule has 0 aromatic heterocycles. The Bertz CT molecular complexity index is 453. The topological polar surface area (TPSA) is 46.3 Å². The van der Waals surface area contributed by atoms with Crippen LogP contribution in [0, 0.1) is 11.6 Å². The number of nitrogens with two attached hydrogens (primary N) is 1. The second-order valence-electron chi connectivity index (χ2n) is 3.60. The van der Waals surface area contributed by atoms with Gasteiger partial charge in [-0.05, 0) is 12.1 Å². The lowest BCUT2D eigenvalue weighted by Crippen LogP contribution is -2.26. The molecule has 0 saturated carbocycles. The van der Waals surface area contributed by atoms with Gasteiger partial charge in [-0.25, -0.2) is 8.78 Å². The van der Waals surface area contributed by atoms with Crippen molar-refractivity contribution in [3.8, 4) is 0 Å². The van der Waals surface area contributed by atoms with Crippen LogP contribution >= 0.6 is 11.6 Å². The van der Waals surface area contributed by atoms with Gasteiger partial charge in [-0.15, -0.1) is 11.6 Å². The van der Waals surface area contributed by atoms with Crippen molar-refractivity contribution in [1.29, 1.82) is 0 Å². The van der Waals surface area contributed by atoms with E-state index in [0.717, 1.165) is 6.07 Å². The van der Waals surface area contributed by atoms with Crippen LogP contribution in [0.3, 0.4) is 0 Å². The normalized spacial score (nSPS) is 20.6. The predicted molar refractivity (Wildman–Crippen MR) is 57.4 cm³/mol. The van der Waals surface area contributed by atoms with Crippen molar-refractivity contribution < 1.29 is 13.6 Å². The van der Waals surface area contributed by atoms with Gasteiger partial charge >= 0.3 is 0 Å². The van der Waals surface area contributed by atoms with Gasteiger partial charge in [-0.2, -0.15) is 0 Å². The molecule has 1 aliphatic rings. The number of rotatable bonds is 1. The van der Waals surface area contributed by atoms with Crippen LogP contribution in [0.2, 0.25) is 0 Å². The van der Waals surface area contributed by atoms with Crippen LogP contribution in [0.25, 0.3) is 0 Å². The molecule has 2 N–H and O–H groups in total. The number of hydrogen-bond donors (Lipinski definition) is 1. The van der Waals surface area contributed by atoms with E-state index < -0.39 is 11.6 Å². The minimum absolute atomic E-state index is 0.173. The lowest BCUT2D eigenvalue weighted by Gasteiger charge is -2.18. The summed E-state index contributed by atoms with van der Waals surface area (Å²) in [6, 6.07) is 2.22. The summed E-state index contributed by atoms with van der Waals surface area (Å²) in [5.41, 5.74) is 5.23. The second-order valence-corrected chi connectivity index (χ2v) is 4.22. The van der Waals surface area contributed by atoms with Crippen LogP contribution in [-0.2, 0) is 4.79 Å². The van der Waals surface area contributed by atoms with Crippen molar-refractivity contribution in [2.75, 3.05) is 17.2 Å². The number of hydrogen-bond acceptors (Lipinski definition) is 2. The first-order chi connectivity index (χ1) is 7.50. The number of carbonyl (C=O) groups is 1. The summed E-state index contributed by atoms with van der Waals surface area (Å²) < 4.78 is 26.0. The molecule has 1 aromatic carbocycles. The van der Waals surface area contributed by atoms with Gasteiger partial charge in [-0.3, -0.25) is 4.79 Å². The predicted octanol–water partition coefficient (Wildman–Crippen LogP) is 1.89. The van der Waals surface area contributed by atoms with Gasteiger partial charge in [0.1, 0.15) is 0 Å². The maximum atomic E-state index is 13.2. The Morgan fingerprint density at radius 3 is 2.69 bits per heavy atom. The van der Waals surface area contributed by atoms with Gasteiger partial charge < -0.3 is 10.6 Å². The number of carbonyl (C=O) groups excluding carboxylic acids is 1. The van der Waals surface area contributed by atoms with E-state index in [1.165, 1.54) is 11.0 Å². The molecule has 0 radical (unpaired) electrons. The number of nitrogen functional groups attached to an aromatic ring is 1. The van der Waals surface area contributed by atoms with Crippen LogP contribution in [-0.4, -0.2) is 17.8 Å². The number of benzene rings is 1. The van der Waals surface area contributed by atoms with Crippen molar-refractivity contribution in [2.24, 2.45) is 0 Å². The monoisotopic (exact) mass is 246 g/mol. The molecule has 1 fully saturated rings. The van der Waals surface area contributed by atoms with E-state index in [1.807, 2.05) is 0 Å². The zero-order valence-electron chi connectivity index (χ0n) is 8.21. The molecule has 86 valence electrons. The largest absolute Gasteiger partial charge is 0.395 e. The number of anilines is 2. The summed E-state index contributed by atoms with van der Waals surface area (Å²) >= 11 is 5.80. The third kappa shape index (κ3) is 1.71. The molecule has 1 atom stereocenters. The standard InChI is InChI=1S/C10H9ClF2N2O/c11-5-3-8(16)15(4-5)7-2-1-6(12)9(13)10(7)14/h1-2,5H,3-4,14H2. The molecule has 1 amide bonds. The van der Waals surface area contributed by atoms with Gasteiger partial charge in [0.15, 0.2) is 11.6 Å². The fraction of sp³-hybridized carbons (Fsp3) is 0.300. The average molecular weight is 247 g/mol. The first-order valence-corrected chi connectivity index (χ1v) is 5.12. The van der Waals surface area contributed by atoms with E-state index in [9.17, 15) is 13.6 Å². The minimum Gasteiger partial charge on any atom is -0.395 e. The van der Waals surface area contributed by atoms with Crippen LogP contribution in [0.15, 0.2) is 12.1 Å². The Labute approximate surface area is 95.8 Å². The van der Waals surface area contributed by atoms with Crippen molar-refractivity contribution in [3.05, 3.63) is 23.8 Å². The Hall–Kier alpha value is -1.36. The number of amides is 1. The molecule has 1 heterocycles. The maximum absolute atomic E-state index is 13.2. The smallest absolute Gasteiger partial charge is 0.228 e. The highest BCUT2D eigenvalue weighted by Gasteiger charge is 2.31. The maximum Gasteiger partial charge on any atom is 0.228 e. The third-order valence-electron chi connectivity index (χ3n) is 2.48. The summed E-state index contributed by atoms with van der Waals surface area (Å²) in [6.45, 7) is 0.260. The summed E-state index contributed by atoms with van der Waals surface area (Å²) in [5, 5.41) is -0.319. The van der Waals surface area contributed by atoms with Crippen LogP contribution in [0.1, 0.15) is 6.42 Å². The SMILES string of the molecule is Nc1c(N2CC(Cl)CC2=O)ccc(F)c1F. The molecule has 16 heavy (non-hydrogen) atoms. The average Bonchev–Trinajstić information content (AvgIpc) is 2.55. The zero-order chi connectivity index (χ0) is 11.9. The molecule has 1 unspecified atom stereocenters. The molecular weight excluding hydrogens is 238 g/mol. The van der Waals surface area contributed by atoms with Crippen LogP contribution < -0.4 is 10.6 Å². The number of nitrogens with zero attached hydrogens (tertiary/aromatic N) is 1. The van der Waals surface area contributed by atoms with Crippen LogP contribution in [0.4, 0.5) is 20.2 Å². The molecule has 1 aromatic rings. The Kier molecular flexibility index (Phi) is 2.71. The van der Waals surface area contributed by atoms with Crippen molar-refractivity contribution in [2.45, 2.75) is 11.8 Å². The molecule has 0 bridgehead atoms. The highest BCUT2D eigenvalue weighted by Crippen LogP contribution is 2.31. The van der Waals surface area contributed by atoms with E-state index in [1.54, 1.807) is 0 Å². The van der Waals surface area contributed by atoms with Gasteiger partial charge in [0.05, 0.1) is 16.8 Å². The van der Waals surface area contributed by atoms with E-state index in [-0.39, 0.29) is 35.6 Å². The van der Waals surface area contributed by atoms with Crippen molar-refractivity contribution in [1.82, 2.24) is 0 Å². The van der Waals surface area contributed by atoms with Gasteiger partial charge in [0, 0.05) is 13.0 Å². The van der Waals surface area contributed by atoms with E-state index in [4.69, 9.17) is 17.3 Å². The first-order valence-electron chi connectivity index (χ1n) is 4.68. The Morgan fingerprint density at radius 2 is 2.12 bits per heavy atom. The molecule has 1 aliphatic heterocycles. The highest BCUT2D eigenvalue weighted by molar-refractivity contribution is 6.24. The van der Waals surface area contributed by atoms with E-state index in [2.05, 4.69) is 0 Å². The molecule has 0 aliphatic carbocycles. The molecule has 2 rings (SSSR count). The minimum atomic E-state index is -1.14. The zero-order valence-corrected chi connectivity index (χ0v) is 8.97. The molecule has 0 spiro atoms. The Balaban J connectivity index is 2.42. The van der Waals surface area contributed by atoms with Gasteiger partial charge in [0.25, 0.3) is 0 Å². The highest BCUT2D eigenvalue weighted by atomic mass is 35.5. The fourth-order valence-electron chi connectivity index (χ4n) is 1.69. The molecule has 1 saturated heterocycles. The summed E-state index contributed by atoms with van der Waals surface area (Å²) in [4.78, 5) is 12.8. The third-order valence-corrected chi connectivity index (χ3v) is 2.77. The van der Waals surface area contributed by atoms with Crippen molar-refractivity contribution in [3.63, 3.8) is 0 Å². The number of halogens is 3. The van der Waals surface area contributed by atoms with Crippen molar-refractivity contribution >= 4 is 28.9 Å². The lowest BCUT2D eigenvalue weighted by molar-refractivity contribution is -0.117.